The summed E-state index contributed by atoms with van der Waals surface area (Å²) < 4.78 is 33.2. The summed E-state index contributed by atoms with van der Waals surface area (Å²) >= 11 is 0. The highest BCUT2D eigenvalue weighted by atomic mass is 32.2. The van der Waals surface area contributed by atoms with Gasteiger partial charge in [0.2, 0.25) is 15.9 Å². The molecule has 4 rings (SSSR count). The van der Waals surface area contributed by atoms with Gasteiger partial charge in [-0.25, -0.2) is 13.2 Å². The van der Waals surface area contributed by atoms with Gasteiger partial charge in [0.05, 0.1) is 4.90 Å². The van der Waals surface area contributed by atoms with Gasteiger partial charge >= 0.3 is 5.63 Å². The largest absolute Gasteiger partial charge is 0.423 e. The highest BCUT2D eigenvalue weighted by molar-refractivity contribution is 7.89. The van der Waals surface area contributed by atoms with Crippen LogP contribution in [0.3, 0.4) is 0 Å². The summed E-state index contributed by atoms with van der Waals surface area (Å²) in [5, 5.41) is 3.47. The molecule has 8 nitrogen and oxygen atoms in total. The van der Waals surface area contributed by atoms with E-state index in [0.29, 0.717) is 54.8 Å². The molecule has 1 aliphatic rings. The van der Waals surface area contributed by atoms with E-state index in [1.54, 1.807) is 24.3 Å². The summed E-state index contributed by atoms with van der Waals surface area (Å²) in [6.45, 7) is 8.01. The minimum Gasteiger partial charge on any atom is -0.423 e. The van der Waals surface area contributed by atoms with Crippen LogP contribution in [0.4, 0.5) is 5.69 Å². The van der Waals surface area contributed by atoms with Crippen molar-refractivity contribution in [2.24, 2.45) is 0 Å². The Morgan fingerprint density at radius 2 is 1.74 bits per heavy atom. The molecule has 9 heteroatoms. The lowest BCUT2D eigenvalue weighted by Crippen LogP contribution is -2.48. The highest BCUT2D eigenvalue weighted by Gasteiger charge is 2.29. The second-order valence-corrected chi connectivity index (χ2v) is 11.0. The standard InChI is InChI=1S/C26H31N3O5S/c1-4-18(2)20-5-8-23(9-6-20)35(32,33)29-13-11-28(12-14-29)17-21-15-26(31)34-25-16-22(27-19(3)30)7-10-24(21)25/h5-10,15-16,18H,4,11-14,17H2,1-3H3,(H,27,30)/t18-/m1/s1. The van der Waals surface area contributed by atoms with Crippen LogP contribution in [0, 0.1) is 0 Å². The Kier molecular flexibility index (Phi) is 7.39. The van der Waals surface area contributed by atoms with Crippen molar-refractivity contribution in [3.05, 3.63) is 70.1 Å². The Morgan fingerprint density at radius 1 is 1.06 bits per heavy atom. The summed E-state index contributed by atoms with van der Waals surface area (Å²) in [4.78, 5) is 25.9. The molecule has 0 aliphatic carbocycles. The van der Waals surface area contributed by atoms with Crippen molar-refractivity contribution >= 4 is 32.6 Å². The molecule has 0 bridgehead atoms. The second kappa shape index (κ2) is 10.3. The summed E-state index contributed by atoms with van der Waals surface area (Å²) in [5.41, 5.74) is 2.44. The fourth-order valence-electron chi connectivity index (χ4n) is 4.36. The maximum absolute atomic E-state index is 13.2. The first-order valence-corrected chi connectivity index (χ1v) is 13.3. The van der Waals surface area contributed by atoms with E-state index in [0.717, 1.165) is 22.9 Å². The smallest absolute Gasteiger partial charge is 0.336 e. The molecule has 1 atom stereocenters. The molecular weight excluding hydrogens is 466 g/mol. The molecule has 1 fully saturated rings. The number of amides is 1. The first-order valence-electron chi connectivity index (χ1n) is 11.8. The van der Waals surface area contributed by atoms with E-state index in [9.17, 15) is 18.0 Å². The van der Waals surface area contributed by atoms with Gasteiger partial charge in [-0.15, -0.1) is 0 Å². The van der Waals surface area contributed by atoms with E-state index in [-0.39, 0.29) is 5.91 Å². The van der Waals surface area contributed by atoms with E-state index in [4.69, 9.17) is 4.42 Å². The van der Waals surface area contributed by atoms with Crippen LogP contribution >= 0.6 is 0 Å². The number of sulfonamides is 1. The molecule has 1 N–H and O–H groups in total. The van der Waals surface area contributed by atoms with Gasteiger partial charge in [-0.05, 0) is 47.7 Å². The SMILES string of the molecule is CC[C@@H](C)c1ccc(S(=O)(=O)N2CCN(Cc3cc(=O)oc4cc(NC(C)=O)ccc34)CC2)cc1. The molecule has 1 saturated heterocycles. The van der Waals surface area contributed by atoms with Crippen molar-refractivity contribution < 1.29 is 17.6 Å². The van der Waals surface area contributed by atoms with Gasteiger partial charge in [0.25, 0.3) is 0 Å². The third-order valence-electron chi connectivity index (χ3n) is 6.58. The van der Waals surface area contributed by atoms with E-state index >= 15 is 0 Å². The fourth-order valence-corrected chi connectivity index (χ4v) is 5.79. The van der Waals surface area contributed by atoms with Crippen LogP contribution in [-0.2, 0) is 21.4 Å². The Morgan fingerprint density at radius 3 is 2.37 bits per heavy atom. The zero-order valence-corrected chi connectivity index (χ0v) is 21.1. The molecule has 1 aromatic heterocycles. The molecule has 2 aromatic carbocycles. The number of nitrogens with one attached hydrogen (secondary N) is 1. The number of hydrogen-bond donors (Lipinski definition) is 1. The normalized spacial score (nSPS) is 16.3. The first-order chi connectivity index (χ1) is 16.7. The van der Waals surface area contributed by atoms with Gasteiger partial charge in [-0.1, -0.05) is 26.0 Å². The molecule has 1 amide bonds. The van der Waals surface area contributed by atoms with Crippen molar-refractivity contribution in [3.63, 3.8) is 0 Å². The van der Waals surface area contributed by atoms with Crippen LogP contribution in [0.2, 0.25) is 0 Å². The van der Waals surface area contributed by atoms with Crippen molar-refractivity contribution in [3.8, 4) is 0 Å². The number of nitrogens with zero attached hydrogens (tertiary/aromatic N) is 2. The molecule has 0 spiro atoms. The van der Waals surface area contributed by atoms with Crippen LogP contribution in [0.15, 0.2) is 62.6 Å². The third-order valence-corrected chi connectivity index (χ3v) is 8.49. The summed E-state index contributed by atoms with van der Waals surface area (Å²) in [5.74, 6) is 0.186. The van der Waals surface area contributed by atoms with Crippen LogP contribution in [0.5, 0.6) is 0 Å². The Labute approximate surface area is 205 Å². The quantitative estimate of drug-likeness (QED) is 0.499. The number of benzene rings is 2. The van der Waals surface area contributed by atoms with E-state index < -0.39 is 15.6 Å². The van der Waals surface area contributed by atoms with Crippen LogP contribution in [0.25, 0.3) is 11.0 Å². The van der Waals surface area contributed by atoms with Crippen molar-refractivity contribution in [2.45, 2.75) is 44.6 Å². The molecule has 0 radical (unpaired) electrons. The molecule has 1 aliphatic heterocycles. The lowest BCUT2D eigenvalue weighted by atomic mass is 9.99. The Hall–Kier alpha value is -3.01. The van der Waals surface area contributed by atoms with Gasteiger partial charge in [-0.3, -0.25) is 9.69 Å². The number of carbonyl (C=O) groups is 1. The van der Waals surface area contributed by atoms with Gasteiger partial charge in [-0.2, -0.15) is 4.31 Å². The minimum absolute atomic E-state index is 0.206. The maximum Gasteiger partial charge on any atom is 0.336 e. The summed E-state index contributed by atoms with van der Waals surface area (Å²) in [6, 6.07) is 13.9. The second-order valence-electron chi connectivity index (χ2n) is 9.04. The van der Waals surface area contributed by atoms with Crippen molar-refractivity contribution in [1.82, 2.24) is 9.21 Å². The zero-order valence-electron chi connectivity index (χ0n) is 20.3. The number of anilines is 1. The van der Waals surface area contributed by atoms with Gasteiger partial charge in [0.1, 0.15) is 5.58 Å². The van der Waals surface area contributed by atoms with Crippen molar-refractivity contribution in [2.75, 3.05) is 31.5 Å². The predicted octanol–water partition coefficient (Wildman–Crippen LogP) is 3.77. The zero-order chi connectivity index (χ0) is 25.2. The average molecular weight is 498 g/mol. The molecule has 2 heterocycles. The number of fused-ring (bicyclic) bond motifs is 1. The Balaban J connectivity index is 1.45. The average Bonchev–Trinajstić information content (AvgIpc) is 2.83. The fraction of sp³-hybridized carbons (Fsp3) is 0.385. The van der Waals surface area contributed by atoms with Crippen LogP contribution < -0.4 is 10.9 Å². The van der Waals surface area contributed by atoms with Gasteiger partial charge < -0.3 is 9.73 Å². The molecule has 0 saturated carbocycles. The number of piperazine rings is 1. The molecule has 0 unspecified atom stereocenters. The third kappa shape index (κ3) is 5.63. The lowest BCUT2D eigenvalue weighted by Gasteiger charge is -2.34. The maximum atomic E-state index is 13.2. The molecule has 35 heavy (non-hydrogen) atoms. The topological polar surface area (TPSA) is 99.9 Å². The number of hydrogen-bond acceptors (Lipinski definition) is 6. The van der Waals surface area contributed by atoms with Crippen LogP contribution in [-0.4, -0.2) is 49.7 Å². The molecule has 3 aromatic rings. The lowest BCUT2D eigenvalue weighted by molar-refractivity contribution is -0.114. The molecular formula is C26H31N3O5S. The van der Waals surface area contributed by atoms with Gasteiger partial charge in [0, 0.05) is 62.9 Å². The van der Waals surface area contributed by atoms with Crippen LogP contribution in [0.1, 0.15) is 44.2 Å². The van der Waals surface area contributed by atoms with E-state index in [1.165, 1.54) is 17.3 Å². The summed E-state index contributed by atoms with van der Waals surface area (Å²) in [7, 11) is -3.56. The summed E-state index contributed by atoms with van der Waals surface area (Å²) in [6.07, 6.45) is 1.00. The molecule has 186 valence electrons. The number of rotatable bonds is 7. The Bertz CT molecular complexity index is 1370. The van der Waals surface area contributed by atoms with E-state index in [2.05, 4.69) is 24.1 Å². The van der Waals surface area contributed by atoms with Gasteiger partial charge in [0.15, 0.2) is 0 Å². The van der Waals surface area contributed by atoms with E-state index in [1.807, 2.05) is 18.2 Å². The highest BCUT2D eigenvalue weighted by Crippen LogP contribution is 2.25. The number of carbonyl (C=O) groups excluding carboxylic acids is 1. The van der Waals surface area contributed by atoms with Crippen molar-refractivity contribution in [1.29, 1.82) is 0 Å². The minimum atomic E-state index is -3.56. The predicted molar refractivity (Wildman–Crippen MR) is 136 cm³/mol. The monoisotopic (exact) mass is 497 g/mol. The first kappa shape index (κ1) is 25.1.